The molecule has 7 heteroatoms. The molecule has 2 aromatic heterocycles. The Bertz CT molecular complexity index is 722. The summed E-state index contributed by atoms with van der Waals surface area (Å²) < 4.78 is 0. The van der Waals surface area contributed by atoms with E-state index in [0.29, 0.717) is 17.6 Å². The molecule has 0 spiro atoms. The lowest BCUT2D eigenvalue weighted by atomic mass is 10.2. The minimum atomic E-state index is -0.579. The number of hydrogen-bond donors (Lipinski definition) is 1. The number of thiophene rings is 1. The molecule has 1 saturated heterocycles. The van der Waals surface area contributed by atoms with Gasteiger partial charge in [0.1, 0.15) is 0 Å². The molecule has 0 aromatic carbocycles. The average molecular weight is 347 g/mol. The molecule has 1 N–H and O–H groups in total. The summed E-state index contributed by atoms with van der Waals surface area (Å²) in [5.74, 6) is -0.483. The van der Waals surface area contributed by atoms with E-state index in [2.05, 4.69) is 10.3 Å². The highest BCUT2D eigenvalue weighted by Crippen LogP contribution is 2.41. The molecule has 2 aliphatic rings. The van der Waals surface area contributed by atoms with Crippen molar-refractivity contribution in [2.45, 2.75) is 37.6 Å². The van der Waals surface area contributed by atoms with Gasteiger partial charge in [-0.25, -0.2) is 4.98 Å². The maximum atomic E-state index is 12.5. The van der Waals surface area contributed by atoms with Crippen molar-refractivity contribution in [2.75, 3.05) is 11.9 Å². The first-order chi connectivity index (χ1) is 11.2. The van der Waals surface area contributed by atoms with Crippen LogP contribution in [-0.2, 0) is 9.59 Å². The van der Waals surface area contributed by atoms with Gasteiger partial charge in [-0.05, 0) is 37.1 Å². The molecule has 1 aliphatic carbocycles. The number of thiazole rings is 1. The first-order valence-corrected chi connectivity index (χ1v) is 9.59. The van der Waals surface area contributed by atoms with Gasteiger partial charge in [-0.3, -0.25) is 14.9 Å². The second-order valence-electron chi connectivity index (χ2n) is 5.98. The predicted molar refractivity (Wildman–Crippen MR) is 90.7 cm³/mol. The number of carbonyl (C=O) groups excluding carboxylic acids is 2. The molecule has 1 unspecified atom stereocenters. The van der Waals surface area contributed by atoms with E-state index < -0.39 is 11.8 Å². The highest BCUT2D eigenvalue weighted by atomic mass is 32.1. The molecule has 5 nitrogen and oxygen atoms in total. The molecule has 120 valence electrons. The zero-order valence-electron chi connectivity index (χ0n) is 12.5. The van der Waals surface area contributed by atoms with Gasteiger partial charge in [0.15, 0.2) is 5.13 Å². The first kappa shape index (κ1) is 14.8. The summed E-state index contributed by atoms with van der Waals surface area (Å²) in [4.78, 5) is 32.0. The Kier molecular flexibility index (Phi) is 3.90. The van der Waals surface area contributed by atoms with Crippen LogP contribution in [0.15, 0.2) is 22.9 Å². The third-order valence-corrected chi connectivity index (χ3v) is 6.07. The van der Waals surface area contributed by atoms with Gasteiger partial charge in [-0.1, -0.05) is 6.07 Å². The number of anilines is 1. The van der Waals surface area contributed by atoms with Gasteiger partial charge in [0, 0.05) is 22.7 Å². The summed E-state index contributed by atoms with van der Waals surface area (Å²) >= 11 is 3.03. The molecule has 2 amide bonds. The van der Waals surface area contributed by atoms with E-state index in [9.17, 15) is 9.59 Å². The van der Waals surface area contributed by atoms with Crippen LogP contribution in [0.3, 0.4) is 0 Å². The van der Waals surface area contributed by atoms with Gasteiger partial charge in [0.25, 0.3) is 0 Å². The maximum absolute atomic E-state index is 12.5. The number of carbonyl (C=O) groups is 2. The molecule has 1 aliphatic heterocycles. The Morgan fingerprint density at radius 3 is 2.87 bits per heavy atom. The quantitative estimate of drug-likeness (QED) is 0.866. The van der Waals surface area contributed by atoms with Crippen molar-refractivity contribution in [1.29, 1.82) is 0 Å². The molecular formula is C16H17N3O2S2. The Balaban J connectivity index is 1.43. The van der Waals surface area contributed by atoms with Gasteiger partial charge < -0.3 is 4.90 Å². The molecule has 23 heavy (non-hydrogen) atoms. The lowest BCUT2D eigenvalue weighted by molar-refractivity contribution is -0.143. The van der Waals surface area contributed by atoms with Gasteiger partial charge in [0.05, 0.1) is 11.7 Å². The summed E-state index contributed by atoms with van der Waals surface area (Å²) in [6, 6.07) is 4.05. The summed E-state index contributed by atoms with van der Waals surface area (Å²) in [5.41, 5.74) is 1.04. The third kappa shape index (κ3) is 3.03. The maximum Gasteiger partial charge on any atom is 0.315 e. The smallest absolute Gasteiger partial charge is 0.315 e. The van der Waals surface area contributed by atoms with Gasteiger partial charge >= 0.3 is 11.8 Å². The Hall–Kier alpha value is -1.73. The minimum Gasteiger partial charge on any atom is -0.327 e. The minimum absolute atomic E-state index is 0.0339. The van der Waals surface area contributed by atoms with Crippen molar-refractivity contribution in [3.8, 4) is 0 Å². The van der Waals surface area contributed by atoms with E-state index in [1.165, 1.54) is 24.2 Å². The number of likely N-dealkylation sites (tertiary alicyclic amines) is 1. The van der Waals surface area contributed by atoms with Crippen LogP contribution in [0.4, 0.5) is 5.13 Å². The Labute approximate surface area is 142 Å². The summed E-state index contributed by atoms with van der Waals surface area (Å²) in [6.07, 6.45) is 4.20. The molecule has 3 heterocycles. The zero-order valence-corrected chi connectivity index (χ0v) is 14.2. The molecule has 1 atom stereocenters. The molecule has 0 bridgehead atoms. The lowest BCUT2D eigenvalue weighted by Gasteiger charge is -2.22. The first-order valence-electron chi connectivity index (χ1n) is 7.83. The van der Waals surface area contributed by atoms with Gasteiger partial charge in [-0.2, -0.15) is 0 Å². The fourth-order valence-corrected chi connectivity index (χ4v) is 4.64. The number of amides is 2. The number of aromatic nitrogens is 1. The molecule has 2 aromatic rings. The zero-order chi connectivity index (χ0) is 15.8. The van der Waals surface area contributed by atoms with E-state index in [4.69, 9.17) is 0 Å². The highest BCUT2D eigenvalue weighted by Gasteiger charge is 2.34. The van der Waals surface area contributed by atoms with Crippen LogP contribution in [0.25, 0.3) is 0 Å². The highest BCUT2D eigenvalue weighted by molar-refractivity contribution is 7.14. The van der Waals surface area contributed by atoms with Crippen molar-refractivity contribution >= 4 is 39.6 Å². The van der Waals surface area contributed by atoms with Crippen LogP contribution in [0.1, 0.15) is 48.2 Å². The molecule has 1 saturated carbocycles. The van der Waals surface area contributed by atoms with Crippen LogP contribution >= 0.6 is 22.7 Å². The third-order valence-electron chi connectivity index (χ3n) is 4.32. The van der Waals surface area contributed by atoms with Crippen molar-refractivity contribution < 1.29 is 9.59 Å². The van der Waals surface area contributed by atoms with Gasteiger partial charge in [-0.15, -0.1) is 22.7 Å². The van der Waals surface area contributed by atoms with E-state index in [0.717, 1.165) is 23.4 Å². The van der Waals surface area contributed by atoms with Crippen molar-refractivity contribution in [1.82, 2.24) is 9.88 Å². The monoisotopic (exact) mass is 347 g/mol. The second kappa shape index (κ2) is 6.05. The van der Waals surface area contributed by atoms with E-state index in [1.807, 2.05) is 22.9 Å². The number of nitrogens with zero attached hydrogens (tertiary/aromatic N) is 2. The Morgan fingerprint density at radius 1 is 1.26 bits per heavy atom. The fourth-order valence-electron chi connectivity index (χ4n) is 2.98. The normalized spacial score (nSPS) is 20.7. The molecule has 2 fully saturated rings. The fraction of sp³-hybridized carbons (Fsp3) is 0.438. The van der Waals surface area contributed by atoms with Crippen LogP contribution < -0.4 is 5.32 Å². The van der Waals surface area contributed by atoms with Crippen molar-refractivity contribution in [2.24, 2.45) is 0 Å². The van der Waals surface area contributed by atoms with E-state index >= 15 is 0 Å². The largest absolute Gasteiger partial charge is 0.327 e. The molecular weight excluding hydrogens is 330 g/mol. The predicted octanol–water partition coefficient (Wildman–Crippen LogP) is 3.38. The van der Waals surface area contributed by atoms with Crippen LogP contribution in [0, 0.1) is 0 Å². The summed E-state index contributed by atoms with van der Waals surface area (Å²) in [6.45, 7) is 0.639. The van der Waals surface area contributed by atoms with Gasteiger partial charge in [0.2, 0.25) is 0 Å². The standard InChI is InChI=1S/C16H17N3O2S2/c20-14(18-16-17-11(9-23-16)10-5-6-10)15(21)19-7-1-3-12(19)13-4-2-8-22-13/h2,4,8-10,12H,1,3,5-7H2,(H,17,18,20). The SMILES string of the molecule is O=C(Nc1nc(C2CC2)cs1)C(=O)N1CCCC1c1cccs1. The second-order valence-corrected chi connectivity index (χ2v) is 7.82. The number of hydrogen-bond acceptors (Lipinski definition) is 5. The average Bonchev–Trinajstić information content (AvgIpc) is 3.01. The summed E-state index contributed by atoms with van der Waals surface area (Å²) in [5, 5.41) is 7.17. The molecule has 0 radical (unpaired) electrons. The van der Waals surface area contributed by atoms with Crippen LogP contribution in [0.2, 0.25) is 0 Å². The lowest BCUT2D eigenvalue weighted by Crippen LogP contribution is -2.39. The Morgan fingerprint density at radius 2 is 2.13 bits per heavy atom. The number of rotatable bonds is 3. The molecule has 4 rings (SSSR count). The summed E-state index contributed by atoms with van der Waals surface area (Å²) in [7, 11) is 0. The van der Waals surface area contributed by atoms with Crippen LogP contribution in [-0.4, -0.2) is 28.2 Å². The van der Waals surface area contributed by atoms with Crippen molar-refractivity contribution in [3.63, 3.8) is 0 Å². The topological polar surface area (TPSA) is 62.3 Å². The number of nitrogens with one attached hydrogen (secondary N) is 1. The van der Waals surface area contributed by atoms with E-state index in [-0.39, 0.29) is 6.04 Å². The van der Waals surface area contributed by atoms with Crippen molar-refractivity contribution in [3.05, 3.63) is 33.5 Å². The van der Waals surface area contributed by atoms with Crippen LogP contribution in [0.5, 0.6) is 0 Å². The van der Waals surface area contributed by atoms with E-state index in [1.54, 1.807) is 16.2 Å².